The molecule has 2 N–H and O–H groups in total. The highest BCUT2D eigenvalue weighted by atomic mass is 16.5. The van der Waals surface area contributed by atoms with Crippen LogP contribution < -0.4 is 15.6 Å². The molecule has 1 aliphatic rings. The predicted molar refractivity (Wildman–Crippen MR) is 133 cm³/mol. The third kappa shape index (κ3) is 4.11. The second kappa shape index (κ2) is 9.05. The first-order chi connectivity index (χ1) is 16.9. The number of aromatic amines is 1. The Bertz CT molecular complexity index is 1480. The van der Waals surface area contributed by atoms with Gasteiger partial charge in [0.05, 0.1) is 24.8 Å². The lowest BCUT2D eigenvalue weighted by Crippen LogP contribution is -2.28. The minimum Gasteiger partial charge on any atom is -0.496 e. The van der Waals surface area contributed by atoms with Crippen molar-refractivity contribution < 1.29 is 9.53 Å². The molecule has 4 aromatic rings. The van der Waals surface area contributed by atoms with Crippen LogP contribution in [0.5, 0.6) is 5.75 Å². The second-order valence-corrected chi connectivity index (χ2v) is 9.28. The molecule has 0 saturated heterocycles. The van der Waals surface area contributed by atoms with Gasteiger partial charge in [-0.1, -0.05) is 18.2 Å². The fraction of sp³-hybridized carbons (Fsp3) is 0.385. The van der Waals surface area contributed by atoms with Crippen molar-refractivity contribution >= 4 is 16.8 Å². The number of ether oxygens (including phenoxy) is 1. The maximum absolute atomic E-state index is 13.4. The molecule has 35 heavy (non-hydrogen) atoms. The molecule has 0 radical (unpaired) electrons. The van der Waals surface area contributed by atoms with E-state index in [4.69, 9.17) is 4.74 Å². The summed E-state index contributed by atoms with van der Waals surface area (Å²) in [5, 5.41) is 12.4. The Kier molecular flexibility index (Phi) is 5.92. The Morgan fingerprint density at radius 2 is 2.03 bits per heavy atom. The highest BCUT2D eigenvalue weighted by molar-refractivity contribution is 6.08. The van der Waals surface area contributed by atoms with Crippen LogP contribution in [0.2, 0.25) is 0 Å². The van der Waals surface area contributed by atoms with E-state index in [0.717, 1.165) is 54.2 Å². The van der Waals surface area contributed by atoms with Crippen molar-refractivity contribution in [3.8, 4) is 5.75 Å². The van der Waals surface area contributed by atoms with Gasteiger partial charge in [0.15, 0.2) is 0 Å². The number of aromatic nitrogens is 5. The molecule has 9 heteroatoms. The predicted octanol–water partition coefficient (Wildman–Crippen LogP) is 3.05. The van der Waals surface area contributed by atoms with E-state index >= 15 is 0 Å². The normalized spacial score (nSPS) is 15.3. The minimum absolute atomic E-state index is 0.0782. The number of nitrogens with one attached hydrogen (secondary N) is 2. The molecule has 1 amide bonds. The average Bonchev–Trinajstić information content (AvgIpc) is 3.35. The molecule has 4 heterocycles. The lowest BCUT2D eigenvalue weighted by molar-refractivity contribution is 0.0951. The molecule has 0 fully saturated rings. The summed E-state index contributed by atoms with van der Waals surface area (Å²) in [5.74, 6) is 2.67. The van der Waals surface area contributed by atoms with Crippen LogP contribution in [0.25, 0.3) is 10.9 Å². The zero-order chi connectivity index (χ0) is 24.7. The fourth-order valence-electron chi connectivity index (χ4n) is 5.18. The van der Waals surface area contributed by atoms with Gasteiger partial charge in [-0.05, 0) is 45.2 Å². The van der Waals surface area contributed by atoms with Gasteiger partial charge in [-0.2, -0.15) is 0 Å². The van der Waals surface area contributed by atoms with Crippen LogP contribution in [-0.4, -0.2) is 37.3 Å². The van der Waals surface area contributed by atoms with Crippen molar-refractivity contribution in [1.29, 1.82) is 0 Å². The maximum Gasteiger partial charge on any atom is 0.256 e. The number of carbonyl (C=O) groups excluding carboxylic acids is 1. The summed E-state index contributed by atoms with van der Waals surface area (Å²) in [6, 6.07) is 9.75. The molecule has 5 rings (SSSR count). The number of fused-ring (bicyclic) bond motifs is 2. The molecule has 3 aromatic heterocycles. The minimum atomic E-state index is -0.262. The van der Waals surface area contributed by atoms with E-state index < -0.39 is 0 Å². The molecule has 1 aliphatic heterocycles. The molecule has 0 bridgehead atoms. The number of rotatable bonds is 6. The van der Waals surface area contributed by atoms with Crippen LogP contribution in [0.3, 0.4) is 0 Å². The van der Waals surface area contributed by atoms with Gasteiger partial charge in [-0.15, -0.1) is 10.2 Å². The van der Waals surface area contributed by atoms with Crippen molar-refractivity contribution in [2.75, 3.05) is 7.11 Å². The second-order valence-electron chi connectivity index (χ2n) is 9.28. The third-order valence-electron chi connectivity index (χ3n) is 7.00. The van der Waals surface area contributed by atoms with Gasteiger partial charge in [-0.3, -0.25) is 9.59 Å². The summed E-state index contributed by atoms with van der Waals surface area (Å²) < 4.78 is 9.82. The van der Waals surface area contributed by atoms with E-state index in [0.29, 0.717) is 28.5 Å². The zero-order valence-corrected chi connectivity index (χ0v) is 20.5. The van der Waals surface area contributed by atoms with Crippen molar-refractivity contribution in [1.82, 2.24) is 29.6 Å². The van der Waals surface area contributed by atoms with Crippen LogP contribution in [0.4, 0.5) is 0 Å². The van der Waals surface area contributed by atoms with E-state index in [-0.39, 0.29) is 18.0 Å². The lowest BCUT2D eigenvalue weighted by Gasteiger charge is -2.25. The number of amides is 1. The van der Waals surface area contributed by atoms with E-state index in [1.165, 1.54) is 7.11 Å². The standard InChI is InChI=1S/C26H30N6O3/c1-15-11-22(35-4)20(25(33)28-15)12-27-26(34)24-16(2)31(21-8-6-5-7-19(21)24)13-18-9-10-23-30-29-17(3)32(23)14-18/h5-8,11,18H,9-10,12-14H2,1-4H3,(H,27,34)(H,28,33). The smallest absolute Gasteiger partial charge is 0.256 e. The van der Waals surface area contributed by atoms with Crippen LogP contribution in [0.15, 0.2) is 35.1 Å². The number of hydrogen-bond acceptors (Lipinski definition) is 5. The summed E-state index contributed by atoms with van der Waals surface area (Å²) in [5.41, 5.74) is 3.43. The summed E-state index contributed by atoms with van der Waals surface area (Å²) in [7, 11) is 1.52. The number of aryl methyl sites for hydroxylation is 3. The summed E-state index contributed by atoms with van der Waals surface area (Å²) in [4.78, 5) is 28.7. The van der Waals surface area contributed by atoms with Gasteiger partial charge < -0.3 is 24.2 Å². The molecule has 1 unspecified atom stereocenters. The molecule has 1 atom stereocenters. The molecule has 0 saturated carbocycles. The summed E-state index contributed by atoms with van der Waals surface area (Å²) in [6.07, 6.45) is 1.94. The summed E-state index contributed by atoms with van der Waals surface area (Å²) >= 11 is 0. The first-order valence-corrected chi connectivity index (χ1v) is 11.9. The average molecular weight is 475 g/mol. The van der Waals surface area contributed by atoms with Crippen molar-refractivity contribution in [3.63, 3.8) is 0 Å². The Hall–Kier alpha value is -3.88. The molecular formula is C26H30N6O3. The Morgan fingerprint density at radius 3 is 2.83 bits per heavy atom. The van der Waals surface area contributed by atoms with Crippen molar-refractivity contribution in [2.45, 2.75) is 53.2 Å². The number of nitrogens with zero attached hydrogens (tertiary/aromatic N) is 4. The van der Waals surface area contributed by atoms with Gasteiger partial charge in [0.2, 0.25) is 0 Å². The highest BCUT2D eigenvalue weighted by Crippen LogP contribution is 2.29. The van der Waals surface area contributed by atoms with Gasteiger partial charge in [0.1, 0.15) is 17.4 Å². The zero-order valence-electron chi connectivity index (χ0n) is 20.5. The van der Waals surface area contributed by atoms with Crippen molar-refractivity contribution in [2.24, 2.45) is 5.92 Å². The number of pyridine rings is 1. The molecule has 9 nitrogen and oxygen atoms in total. The van der Waals surface area contributed by atoms with Crippen LogP contribution in [0.1, 0.15) is 45.4 Å². The first kappa shape index (κ1) is 22.9. The van der Waals surface area contributed by atoms with Crippen molar-refractivity contribution in [3.05, 3.63) is 74.8 Å². The van der Waals surface area contributed by atoms with E-state index in [1.807, 2.05) is 32.0 Å². The Balaban J connectivity index is 1.43. The number of para-hydroxylation sites is 1. The van der Waals surface area contributed by atoms with Gasteiger partial charge in [0.25, 0.3) is 11.5 Å². The van der Waals surface area contributed by atoms with E-state index in [9.17, 15) is 9.59 Å². The number of benzene rings is 1. The fourth-order valence-corrected chi connectivity index (χ4v) is 5.18. The molecule has 0 spiro atoms. The molecule has 1 aromatic carbocycles. The SMILES string of the molecule is COc1cc(C)[nH]c(=O)c1CNC(=O)c1c(C)n(CC2CCc3nnc(C)n3C2)c2ccccc12. The first-order valence-electron chi connectivity index (χ1n) is 11.9. The van der Waals surface area contributed by atoms with Gasteiger partial charge >= 0.3 is 0 Å². The number of carbonyl (C=O) groups is 1. The van der Waals surface area contributed by atoms with Crippen LogP contribution in [0, 0.1) is 26.7 Å². The number of H-pyrrole nitrogens is 1. The van der Waals surface area contributed by atoms with Gasteiger partial charge in [0, 0.05) is 41.8 Å². The topological polar surface area (TPSA) is 107 Å². The van der Waals surface area contributed by atoms with Gasteiger partial charge in [-0.25, -0.2) is 0 Å². The Labute approximate surface area is 203 Å². The highest BCUT2D eigenvalue weighted by Gasteiger charge is 2.25. The van der Waals surface area contributed by atoms with Crippen LogP contribution >= 0.6 is 0 Å². The molecule has 0 aliphatic carbocycles. The van der Waals surface area contributed by atoms with E-state index in [1.54, 1.807) is 13.0 Å². The summed E-state index contributed by atoms with van der Waals surface area (Å²) in [6.45, 7) is 7.54. The lowest BCUT2D eigenvalue weighted by atomic mass is 9.99. The molecule has 182 valence electrons. The quantitative estimate of drug-likeness (QED) is 0.447. The van der Waals surface area contributed by atoms with E-state index in [2.05, 4.69) is 35.7 Å². The number of hydrogen-bond donors (Lipinski definition) is 2. The van der Waals surface area contributed by atoms with Crippen LogP contribution in [-0.2, 0) is 26.1 Å². The largest absolute Gasteiger partial charge is 0.496 e. The molecular weight excluding hydrogens is 444 g/mol. The maximum atomic E-state index is 13.4. The number of methoxy groups -OCH3 is 1. The Morgan fingerprint density at radius 1 is 1.23 bits per heavy atom. The monoisotopic (exact) mass is 474 g/mol. The third-order valence-corrected chi connectivity index (χ3v) is 7.00.